The number of nitrogens with zero attached hydrogens (tertiary/aromatic N) is 1. The second kappa shape index (κ2) is 10.5. The van der Waals surface area contributed by atoms with Gasteiger partial charge in [0.25, 0.3) is 0 Å². The van der Waals surface area contributed by atoms with Crippen molar-refractivity contribution < 1.29 is 19.2 Å². The van der Waals surface area contributed by atoms with Crippen molar-refractivity contribution in [3.05, 3.63) is 52.2 Å². The third-order valence-corrected chi connectivity index (χ3v) is 7.19. The van der Waals surface area contributed by atoms with Gasteiger partial charge in [0.1, 0.15) is 9.92 Å². The number of aliphatic hydroxyl groups is 2. The Morgan fingerprint density at radius 2 is 1.91 bits per heavy atom. The summed E-state index contributed by atoms with van der Waals surface area (Å²) in [6, 6.07) is 3.60. The van der Waals surface area contributed by atoms with E-state index in [0.717, 1.165) is 17.6 Å². The van der Waals surface area contributed by atoms with Crippen LogP contribution >= 0.6 is 0 Å². The summed E-state index contributed by atoms with van der Waals surface area (Å²) in [5.74, 6) is 0.523. The number of benzene rings is 1. The molecule has 0 spiro atoms. The van der Waals surface area contributed by atoms with E-state index in [1.165, 1.54) is 18.2 Å². The number of urea groups is 1. The summed E-state index contributed by atoms with van der Waals surface area (Å²) in [5, 5.41) is 28.8. The zero-order chi connectivity index (χ0) is 25.1. The van der Waals surface area contributed by atoms with Crippen molar-refractivity contribution in [2.24, 2.45) is 33.0 Å². The fourth-order valence-corrected chi connectivity index (χ4v) is 5.03. The van der Waals surface area contributed by atoms with Crippen LogP contribution in [-0.4, -0.2) is 27.0 Å². The van der Waals surface area contributed by atoms with E-state index in [1.807, 2.05) is 13.8 Å². The van der Waals surface area contributed by atoms with Gasteiger partial charge in [-0.15, -0.1) is 4.36 Å². The summed E-state index contributed by atoms with van der Waals surface area (Å²) < 4.78 is 16.9. The first-order valence-corrected chi connectivity index (χ1v) is 12.8. The van der Waals surface area contributed by atoms with Crippen molar-refractivity contribution in [3.8, 4) is 0 Å². The number of amides is 2. The molecule has 0 aliphatic heterocycles. The highest BCUT2D eigenvalue weighted by Gasteiger charge is 2.27. The first-order valence-electron chi connectivity index (χ1n) is 11.2. The van der Waals surface area contributed by atoms with E-state index in [0.29, 0.717) is 23.4 Å². The van der Waals surface area contributed by atoms with E-state index in [1.54, 1.807) is 13.8 Å². The highest BCUT2D eigenvalue weighted by Crippen LogP contribution is 2.35. The summed E-state index contributed by atoms with van der Waals surface area (Å²) in [5.41, 5.74) is 8.30. The van der Waals surface area contributed by atoms with Gasteiger partial charge in [0.15, 0.2) is 0 Å². The number of aliphatic hydroxyl groups excluding tert-OH is 1. The van der Waals surface area contributed by atoms with Crippen molar-refractivity contribution in [1.29, 1.82) is 0 Å². The van der Waals surface area contributed by atoms with Crippen LogP contribution in [0.15, 0.2) is 50.4 Å². The lowest BCUT2D eigenvalue weighted by Gasteiger charge is -2.30. The van der Waals surface area contributed by atoms with Gasteiger partial charge in [-0.25, -0.2) is 14.1 Å². The van der Waals surface area contributed by atoms with Crippen molar-refractivity contribution in [3.63, 3.8) is 0 Å². The molecule has 1 aliphatic carbocycles. The number of carbonyl (C=O) groups is 1. The van der Waals surface area contributed by atoms with Gasteiger partial charge in [0, 0.05) is 5.70 Å². The Kier molecular flexibility index (Phi) is 8.64. The van der Waals surface area contributed by atoms with Crippen LogP contribution < -0.4 is 16.2 Å². The number of nitrogens with two attached hydrogens (primary N) is 2. The lowest BCUT2D eigenvalue weighted by molar-refractivity contribution is 0.0759. The third kappa shape index (κ3) is 6.51. The molecule has 0 bridgehead atoms. The largest absolute Gasteiger partial charge is 0.392 e. The van der Waals surface area contributed by atoms with E-state index in [9.17, 15) is 19.2 Å². The summed E-state index contributed by atoms with van der Waals surface area (Å²) in [7, 11) is -3.59. The average molecular weight is 479 g/mol. The SMILES string of the molecule is CC(C)C1=CC(CN)CC(C(C)C)=C1NC(=O)N=S(N)(=O)c1ccc(C(C)(C)O)c(CO)c1. The molecule has 7 N–H and O–H groups in total. The van der Waals surface area contributed by atoms with Gasteiger partial charge in [-0.05, 0) is 79.0 Å². The molecule has 1 aromatic rings. The third-order valence-electron chi connectivity index (χ3n) is 5.82. The topological polar surface area (TPSA) is 151 Å². The number of allylic oxidation sites excluding steroid dienone is 2. The maximum atomic E-state index is 13.2. The molecule has 2 amide bonds. The number of carbonyl (C=O) groups excluding carboxylic acids is 1. The van der Waals surface area contributed by atoms with Crippen LogP contribution in [0.4, 0.5) is 4.79 Å². The molecule has 0 radical (unpaired) electrons. The fraction of sp³-hybridized carbons (Fsp3) is 0.542. The Labute approximate surface area is 197 Å². The lowest BCUT2D eigenvalue weighted by atomic mass is 9.80. The van der Waals surface area contributed by atoms with E-state index in [2.05, 4.69) is 29.6 Å². The van der Waals surface area contributed by atoms with Crippen molar-refractivity contribution >= 4 is 15.9 Å². The van der Waals surface area contributed by atoms with Crippen LogP contribution in [0.5, 0.6) is 0 Å². The first kappa shape index (κ1) is 27.2. The summed E-state index contributed by atoms with van der Waals surface area (Å²) in [6.45, 7) is 11.5. The lowest BCUT2D eigenvalue weighted by Crippen LogP contribution is -2.31. The molecule has 1 aliphatic rings. The molecule has 33 heavy (non-hydrogen) atoms. The molecular formula is C24H38N4O4S. The molecule has 184 valence electrons. The zero-order valence-corrected chi connectivity index (χ0v) is 21.2. The van der Waals surface area contributed by atoms with Crippen LogP contribution in [-0.2, 0) is 22.1 Å². The van der Waals surface area contributed by atoms with E-state index >= 15 is 0 Å². The predicted octanol–water partition coefficient (Wildman–Crippen LogP) is 3.29. The monoisotopic (exact) mass is 478 g/mol. The number of nitrogens with one attached hydrogen (secondary N) is 1. The summed E-state index contributed by atoms with van der Waals surface area (Å²) in [4.78, 5) is 13.0. The molecule has 0 saturated heterocycles. The van der Waals surface area contributed by atoms with Crippen LogP contribution in [0.3, 0.4) is 0 Å². The smallest absolute Gasteiger partial charge is 0.354 e. The van der Waals surface area contributed by atoms with Gasteiger partial charge >= 0.3 is 6.03 Å². The van der Waals surface area contributed by atoms with Crippen molar-refractivity contribution in [2.75, 3.05) is 6.54 Å². The van der Waals surface area contributed by atoms with Crippen LogP contribution in [0.2, 0.25) is 0 Å². The highest BCUT2D eigenvalue weighted by atomic mass is 32.2. The second-order valence-electron chi connectivity index (χ2n) is 9.66. The van der Waals surface area contributed by atoms with Gasteiger partial charge in [0.2, 0.25) is 0 Å². The molecule has 0 saturated carbocycles. The number of rotatable bonds is 7. The quantitative estimate of drug-likeness (QED) is 0.407. The fourth-order valence-electron chi connectivity index (χ4n) is 4.06. The standard InChI is InChI=1S/C24H38N4O4S/c1-14(2)19-9-16(12-25)10-20(15(3)4)22(19)27-23(30)28-33(26,32)18-7-8-21(24(5,6)31)17(11-18)13-29/h7-9,11,14-16,29,31H,10,12-13,25H2,1-6H3,(H3,26,27,28,30,32). The molecule has 8 nitrogen and oxygen atoms in total. The van der Waals surface area contributed by atoms with E-state index < -0.39 is 21.5 Å². The molecule has 0 heterocycles. The Balaban J connectivity index is 2.46. The Bertz CT molecular complexity index is 1070. The predicted molar refractivity (Wildman–Crippen MR) is 131 cm³/mol. The molecular weight excluding hydrogens is 440 g/mol. The number of hydrogen-bond donors (Lipinski definition) is 5. The van der Waals surface area contributed by atoms with E-state index in [-0.39, 0.29) is 29.3 Å². The van der Waals surface area contributed by atoms with Crippen LogP contribution in [0.1, 0.15) is 59.1 Å². The summed E-state index contributed by atoms with van der Waals surface area (Å²) >= 11 is 0. The molecule has 0 fully saturated rings. The maximum Gasteiger partial charge on any atom is 0.354 e. The average Bonchev–Trinajstić information content (AvgIpc) is 2.71. The Hall–Kier alpha value is -2.04. The molecule has 1 aromatic carbocycles. The van der Waals surface area contributed by atoms with Crippen LogP contribution in [0, 0.1) is 17.8 Å². The minimum absolute atomic E-state index is 0.0965. The van der Waals surface area contributed by atoms with Gasteiger partial charge in [-0.2, -0.15) is 0 Å². The molecule has 2 unspecified atom stereocenters. The molecule has 0 aromatic heterocycles. The molecule has 2 rings (SSSR count). The maximum absolute atomic E-state index is 13.2. The Morgan fingerprint density at radius 1 is 1.27 bits per heavy atom. The van der Waals surface area contributed by atoms with Gasteiger partial charge in [-0.3, -0.25) is 0 Å². The number of hydrogen-bond acceptors (Lipinski definition) is 5. The Morgan fingerprint density at radius 3 is 2.39 bits per heavy atom. The van der Waals surface area contributed by atoms with Crippen LogP contribution in [0.25, 0.3) is 0 Å². The van der Waals surface area contributed by atoms with E-state index in [4.69, 9.17) is 10.9 Å². The minimum Gasteiger partial charge on any atom is -0.392 e. The summed E-state index contributed by atoms with van der Waals surface area (Å²) in [6.07, 6.45) is 2.82. The second-order valence-corrected chi connectivity index (χ2v) is 11.4. The van der Waals surface area contributed by atoms with Crippen molar-refractivity contribution in [2.45, 2.75) is 65.1 Å². The normalized spacial score (nSPS) is 18.9. The zero-order valence-electron chi connectivity index (χ0n) is 20.4. The molecule has 9 heteroatoms. The van der Waals surface area contributed by atoms with Gasteiger partial charge < -0.3 is 21.3 Å². The van der Waals surface area contributed by atoms with Gasteiger partial charge in [-0.1, -0.05) is 39.8 Å². The first-order chi connectivity index (χ1) is 15.2. The minimum atomic E-state index is -3.59. The highest BCUT2D eigenvalue weighted by molar-refractivity contribution is 7.91. The molecule has 2 atom stereocenters. The van der Waals surface area contributed by atoms with Crippen molar-refractivity contribution in [1.82, 2.24) is 5.32 Å². The van der Waals surface area contributed by atoms with Gasteiger partial charge in [0.05, 0.1) is 17.1 Å².